The number of aromatic nitrogens is 3. The number of nitrogens with two attached hydrogens (primary N) is 1. The van der Waals surface area contributed by atoms with Crippen LogP contribution in [0.1, 0.15) is 40.7 Å². The van der Waals surface area contributed by atoms with Crippen LogP contribution in [-0.4, -0.2) is 38.8 Å². The Morgan fingerprint density at radius 3 is 2.77 bits per heavy atom. The molecule has 3 heterocycles. The first-order valence-corrected chi connectivity index (χ1v) is 9.23. The molecule has 0 amide bonds. The van der Waals surface area contributed by atoms with Gasteiger partial charge in [0.1, 0.15) is 5.69 Å². The van der Waals surface area contributed by atoms with Gasteiger partial charge in [-0.2, -0.15) is 0 Å². The average Bonchev–Trinajstić information content (AvgIpc) is 2.62. The normalized spacial score (nSPS) is 19.7. The van der Waals surface area contributed by atoms with Crippen LogP contribution < -0.4 is 10.5 Å². The number of ketones is 1. The van der Waals surface area contributed by atoms with Crippen molar-refractivity contribution in [2.24, 2.45) is 10.7 Å². The van der Waals surface area contributed by atoms with Gasteiger partial charge in [-0.25, -0.2) is 9.97 Å². The van der Waals surface area contributed by atoms with E-state index in [0.29, 0.717) is 16.7 Å². The first-order valence-electron chi connectivity index (χ1n) is 8.24. The fourth-order valence-corrected chi connectivity index (χ4v) is 3.81. The van der Waals surface area contributed by atoms with Gasteiger partial charge in [0.05, 0.1) is 24.5 Å². The summed E-state index contributed by atoms with van der Waals surface area (Å²) in [5.41, 5.74) is 8.14. The van der Waals surface area contributed by atoms with E-state index in [1.165, 1.54) is 18.0 Å². The zero-order valence-corrected chi connectivity index (χ0v) is 15.8. The molecule has 1 atom stereocenters. The van der Waals surface area contributed by atoms with Crippen LogP contribution in [0.25, 0.3) is 0 Å². The van der Waals surface area contributed by atoms with Gasteiger partial charge in [0.25, 0.3) is 0 Å². The molecule has 2 aromatic rings. The van der Waals surface area contributed by atoms with Crippen LogP contribution in [0.15, 0.2) is 29.6 Å². The van der Waals surface area contributed by atoms with E-state index in [1.54, 1.807) is 19.5 Å². The van der Waals surface area contributed by atoms with Gasteiger partial charge in [-0.05, 0) is 31.9 Å². The maximum atomic E-state index is 12.5. The highest BCUT2D eigenvalue weighted by Gasteiger charge is 2.33. The van der Waals surface area contributed by atoms with Crippen molar-refractivity contribution < 1.29 is 9.53 Å². The van der Waals surface area contributed by atoms with E-state index < -0.39 is 5.54 Å². The lowest BCUT2D eigenvalue weighted by Crippen LogP contribution is -2.29. The van der Waals surface area contributed by atoms with Crippen LogP contribution in [0.5, 0.6) is 5.88 Å². The van der Waals surface area contributed by atoms with Crippen molar-refractivity contribution in [1.82, 2.24) is 15.0 Å². The Morgan fingerprint density at radius 1 is 1.31 bits per heavy atom. The number of pyridine rings is 1. The monoisotopic (exact) mass is 371 g/mol. The lowest BCUT2D eigenvalue weighted by molar-refractivity contribution is 0.0987. The lowest BCUT2D eigenvalue weighted by Gasteiger charge is -2.30. The summed E-state index contributed by atoms with van der Waals surface area (Å²) in [6.45, 7) is 3.84. The molecule has 2 aromatic heterocycles. The van der Waals surface area contributed by atoms with Gasteiger partial charge in [-0.1, -0.05) is 11.8 Å². The summed E-state index contributed by atoms with van der Waals surface area (Å²) in [6, 6.07) is 1.93. The van der Waals surface area contributed by atoms with Crippen molar-refractivity contribution in [1.29, 1.82) is 0 Å². The maximum Gasteiger partial charge on any atom is 0.218 e. The summed E-state index contributed by atoms with van der Waals surface area (Å²) >= 11 is 1.54. The lowest BCUT2D eigenvalue weighted by atomic mass is 9.89. The largest absolute Gasteiger partial charge is 0.481 e. The number of hydrogen-bond acceptors (Lipinski definition) is 8. The molecule has 0 bridgehead atoms. The Bertz CT molecular complexity index is 853. The Balaban J connectivity index is 1.91. The SMILES string of the molecule is COc1ncc(CC(=O)c2cnc(C)cn2)cc1[C@]1(C)CCSC(N)=N1. The van der Waals surface area contributed by atoms with Gasteiger partial charge in [0, 0.05) is 30.1 Å². The number of Topliss-reactive ketones (excluding diaryl/α,β-unsaturated/α-hetero) is 1. The number of hydrogen-bond donors (Lipinski definition) is 1. The number of amidine groups is 1. The summed E-state index contributed by atoms with van der Waals surface area (Å²) < 4.78 is 5.42. The van der Waals surface area contributed by atoms with Crippen LogP contribution >= 0.6 is 11.8 Å². The second-order valence-corrected chi connectivity index (χ2v) is 7.48. The molecule has 0 aliphatic carbocycles. The van der Waals surface area contributed by atoms with E-state index in [1.807, 2.05) is 19.9 Å². The first kappa shape index (κ1) is 18.3. The molecule has 0 fully saturated rings. The summed E-state index contributed by atoms with van der Waals surface area (Å²) in [7, 11) is 1.58. The van der Waals surface area contributed by atoms with Crippen LogP contribution in [0.4, 0.5) is 0 Å². The topological polar surface area (TPSA) is 103 Å². The van der Waals surface area contributed by atoms with Crippen LogP contribution in [0.2, 0.25) is 0 Å². The van der Waals surface area contributed by atoms with E-state index in [9.17, 15) is 4.79 Å². The van der Waals surface area contributed by atoms with Crippen molar-refractivity contribution in [3.63, 3.8) is 0 Å². The minimum atomic E-state index is -0.517. The summed E-state index contributed by atoms with van der Waals surface area (Å²) in [4.78, 5) is 29.7. The Hall–Kier alpha value is -2.48. The van der Waals surface area contributed by atoms with Gasteiger partial charge < -0.3 is 10.5 Å². The fraction of sp³-hybridized carbons (Fsp3) is 0.389. The molecule has 1 aliphatic rings. The number of nitrogens with zero attached hydrogens (tertiary/aromatic N) is 4. The second-order valence-electron chi connectivity index (χ2n) is 6.37. The third-order valence-electron chi connectivity index (χ3n) is 4.31. The molecule has 0 radical (unpaired) electrons. The Morgan fingerprint density at radius 2 is 2.12 bits per heavy atom. The molecule has 2 N–H and O–H groups in total. The molecule has 0 unspecified atom stereocenters. The number of aryl methyl sites for hydroxylation is 1. The number of methoxy groups -OCH3 is 1. The van der Waals surface area contributed by atoms with E-state index in [-0.39, 0.29) is 12.2 Å². The predicted octanol–water partition coefficient (Wildman–Crippen LogP) is 2.28. The Kier molecular flexibility index (Phi) is 5.22. The maximum absolute atomic E-state index is 12.5. The van der Waals surface area contributed by atoms with Gasteiger partial charge in [0.15, 0.2) is 11.0 Å². The van der Waals surface area contributed by atoms with Crippen molar-refractivity contribution in [2.75, 3.05) is 12.9 Å². The van der Waals surface area contributed by atoms with Crippen LogP contribution in [-0.2, 0) is 12.0 Å². The molecular formula is C18H21N5O2S. The number of aliphatic imine (C=N–C) groups is 1. The first-order chi connectivity index (χ1) is 12.4. The fourth-order valence-electron chi connectivity index (χ4n) is 2.83. The van der Waals surface area contributed by atoms with E-state index in [2.05, 4.69) is 19.9 Å². The second kappa shape index (κ2) is 7.41. The van der Waals surface area contributed by atoms with Crippen molar-refractivity contribution >= 4 is 22.7 Å². The molecule has 7 nitrogen and oxygen atoms in total. The number of thioether (sulfide) groups is 1. The minimum absolute atomic E-state index is 0.109. The molecule has 26 heavy (non-hydrogen) atoms. The summed E-state index contributed by atoms with van der Waals surface area (Å²) in [5.74, 6) is 1.27. The minimum Gasteiger partial charge on any atom is -0.481 e. The Labute approximate surface area is 156 Å². The van der Waals surface area contributed by atoms with Crippen LogP contribution in [0.3, 0.4) is 0 Å². The molecule has 3 rings (SSSR count). The molecule has 0 spiro atoms. The molecule has 1 aliphatic heterocycles. The molecular weight excluding hydrogens is 350 g/mol. The number of rotatable bonds is 5. The summed E-state index contributed by atoms with van der Waals surface area (Å²) in [6.07, 6.45) is 5.74. The quantitative estimate of drug-likeness (QED) is 0.804. The third kappa shape index (κ3) is 3.85. The van der Waals surface area contributed by atoms with E-state index in [4.69, 9.17) is 10.5 Å². The number of ether oxygens (including phenoxy) is 1. The molecule has 136 valence electrons. The summed E-state index contributed by atoms with van der Waals surface area (Å²) in [5, 5.41) is 0.553. The zero-order valence-electron chi connectivity index (χ0n) is 15.0. The van der Waals surface area contributed by atoms with Crippen molar-refractivity contribution in [3.8, 4) is 5.88 Å². The van der Waals surface area contributed by atoms with Gasteiger partial charge in [-0.15, -0.1) is 0 Å². The standard InChI is InChI=1S/C18H21N5O2S/c1-11-8-21-14(10-20-11)15(24)7-12-6-13(16(25-3)22-9-12)18(2)4-5-26-17(19)23-18/h6,8-10H,4-5,7H2,1-3H3,(H2,19,23)/t18-/m0/s1. The highest BCUT2D eigenvalue weighted by molar-refractivity contribution is 8.13. The highest BCUT2D eigenvalue weighted by atomic mass is 32.2. The molecule has 8 heteroatoms. The van der Waals surface area contributed by atoms with Crippen molar-refractivity contribution in [3.05, 3.63) is 47.2 Å². The number of carbonyl (C=O) groups excluding carboxylic acids is 1. The van der Waals surface area contributed by atoms with Crippen molar-refractivity contribution in [2.45, 2.75) is 32.2 Å². The van der Waals surface area contributed by atoms with Gasteiger partial charge in [-0.3, -0.25) is 14.8 Å². The smallest absolute Gasteiger partial charge is 0.218 e. The van der Waals surface area contributed by atoms with Gasteiger partial charge in [0.2, 0.25) is 5.88 Å². The predicted molar refractivity (Wildman–Crippen MR) is 102 cm³/mol. The average molecular weight is 371 g/mol. The van der Waals surface area contributed by atoms with E-state index in [0.717, 1.165) is 29.0 Å². The number of carbonyl (C=O) groups is 1. The van der Waals surface area contributed by atoms with Gasteiger partial charge >= 0.3 is 0 Å². The molecule has 0 saturated carbocycles. The van der Waals surface area contributed by atoms with Crippen LogP contribution in [0, 0.1) is 6.92 Å². The molecule has 0 saturated heterocycles. The zero-order chi connectivity index (χ0) is 18.7. The highest BCUT2D eigenvalue weighted by Crippen LogP contribution is 2.39. The molecule has 0 aromatic carbocycles. The van der Waals surface area contributed by atoms with E-state index >= 15 is 0 Å². The third-order valence-corrected chi connectivity index (χ3v) is 5.10.